The molecule has 4 aromatic rings. The van der Waals surface area contributed by atoms with E-state index >= 15 is 0 Å². The Balaban J connectivity index is 1.74. The number of halogens is 6. The van der Waals surface area contributed by atoms with Gasteiger partial charge in [0.05, 0.1) is 0 Å². The van der Waals surface area contributed by atoms with Crippen LogP contribution in [-0.2, 0) is 44.1 Å². The third-order valence-electron chi connectivity index (χ3n) is 10.0. The number of alkyl halides is 6. The van der Waals surface area contributed by atoms with Crippen LogP contribution in [0.5, 0.6) is 0 Å². The molecule has 0 nitrogen and oxygen atoms in total. The summed E-state index contributed by atoms with van der Waals surface area (Å²) in [4.78, 5) is 0. The molecule has 0 saturated carbocycles. The molecule has 0 amide bonds. The van der Waals surface area contributed by atoms with Crippen molar-refractivity contribution in [1.82, 2.24) is 0 Å². The van der Waals surface area contributed by atoms with Crippen LogP contribution in [0.2, 0.25) is 3.67 Å². The molecule has 0 unspecified atom stereocenters. The van der Waals surface area contributed by atoms with Crippen molar-refractivity contribution in [3.05, 3.63) is 153 Å². The zero-order valence-corrected chi connectivity index (χ0v) is 33.3. The summed E-state index contributed by atoms with van der Waals surface area (Å²) in [7, 11) is 0. The minimum absolute atomic E-state index is 0.0255. The van der Waals surface area contributed by atoms with Crippen molar-refractivity contribution >= 4 is 3.26 Å². The molecule has 7 heteroatoms. The van der Waals surface area contributed by atoms with Gasteiger partial charge in [-0.1, -0.05) is 0 Å². The number of hydrogen-bond acceptors (Lipinski definition) is 0. The monoisotopic (exact) mass is 852 g/mol. The number of rotatable bonds is 4. The number of allylic oxidation sites excluding steroid dienone is 4. The molecule has 50 heavy (non-hydrogen) atoms. The molecule has 2 aliphatic carbocycles. The van der Waals surface area contributed by atoms with Gasteiger partial charge < -0.3 is 0 Å². The van der Waals surface area contributed by atoms with E-state index in [1.807, 2.05) is 12.2 Å². The molecule has 0 saturated heterocycles. The van der Waals surface area contributed by atoms with E-state index in [-0.39, 0.29) is 18.2 Å². The molecule has 0 spiro atoms. The number of aryl methyl sites for hydroxylation is 2. The van der Waals surface area contributed by atoms with E-state index in [0.29, 0.717) is 11.1 Å². The Morgan fingerprint density at radius 1 is 0.540 bits per heavy atom. The Morgan fingerprint density at radius 3 is 1.22 bits per heavy atom. The number of benzene rings is 4. The SMILES string of the molecule is Cc1cc2c(cc1C(C)(C)C)-c1cc(C(C)(C)C)c(C)cc1[CH]2[Hf](=[C](c1ccc(C(F)(F)F)cc1)c1ccc(C(F)(F)F)cc1)[CH]1C=CC=C1. The molecule has 260 valence electrons. The number of fused-ring (bicyclic) bond motifs is 3. The second-order valence-corrected chi connectivity index (χ2v) is 25.3. The summed E-state index contributed by atoms with van der Waals surface area (Å²) < 4.78 is 83.5. The summed E-state index contributed by atoms with van der Waals surface area (Å²) in [6.07, 6.45) is -0.626. The van der Waals surface area contributed by atoms with E-state index in [1.165, 1.54) is 68.8 Å². The van der Waals surface area contributed by atoms with Gasteiger partial charge in [-0.3, -0.25) is 0 Å². The van der Waals surface area contributed by atoms with Crippen molar-refractivity contribution in [2.75, 3.05) is 0 Å². The van der Waals surface area contributed by atoms with Crippen molar-refractivity contribution in [2.24, 2.45) is 0 Å². The van der Waals surface area contributed by atoms with E-state index < -0.39 is 44.4 Å². The molecule has 4 aromatic carbocycles. The van der Waals surface area contributed by atoms with Gasteiger partial charge in [0.25, 0.3) is 0 Å². The molecule has 0 radical (unpaired) electrons. The van der Waals surface area contributed by atoms with Crippen molar-refractivity contribution in [2.45, 2.75) is 85.9 Å². The Hall–Kier alpha value is -3.32. The van der Waals surface area contributed by atoms with E-state index in [4.69, 9.17) is 0 Å². The van der Waals surface area contributed by atoms with E-state index in [0.717, 1.165) is 27.5 Å². The molecule has 0 N–H and O–H groups in total. The maximum atomic E-state index is 13.8. The van der Waals surface area contributed by atoms with Gasteiger partial charge in [0.1, 0.15) is 0 Å². The van der Waals surface area contributed by atoms with Crippen molar-refractivity contribution in [3.63, 3.8) is 0 Å². The molecule has 2 aliphatic rings. The number of hydrogen-bond donors (Lipinski definition) is 0. The zero-order chi connectivity index (χ0) is 36.6. The van der Waals surface area contributed by atoms with Gasteiger partial charge in [0, 0.05) is 0 Å². The Morgan fingerprint density at radius 2 is 0.900 bits per heavy atom. The van der Waals surface area contributed by atoms with Gasteiger partial charge in [0.15, 0.2) is 0 Å². The predicted octanol–water partition coefficient (Wildman–Crippen LogP) is 12.8. The van der Waals surface area contributed by atoms with Crippen LogP contribution >= 0.6 is 0 Å². The molecular formula is C43H42F6Hf. The Bertz CT molecular complexity index is 1900. The van der Waals surface area contributed by atoms with Crippen molar-refractivity contribution in [1.29, 1.82) is 0 Å². The summed E-state index contributed by atoms with van der Waals surface area (Å²) in [6, 6.07) is 19.8. The van der Waals surface area contributed by atoms with Crippen LogP contribution in [0.25, 0.3) is 11.1 Å². The van der Waals surface area contributed by atoms with Gasteiger partial charge in [-0.05, 0) is 0 Å². The third kappa shape index (κ3) is 6.83. The fourth-order valence-corrected chi connectivity index (χ4v) is 21.4. The van der Waals surface area contributed by atoms with Crippen LogP contribution in [0.1, 0.15) is 101 Å². The quantitative estimate of drug-likeness (QED) is 0.142. The second kappa shape index (κ2) is 12.7. The fourth-order valence-electron chi connectivity index (χ4n) is 7.82. The fraction of sp³-hybridized carbons (Fsp3) is 0.326. The van der Waals surface area contributed by atoms with Gasteiger partial charge in [0.2, 0.25) is 0 Å². The molecule has 0 bridgehead atoms. The second-order valence-electron chi connectivity index (χ2n) is 15.7. The van der Waals surface area contributed by atoms with Crippen LogP contribution in [0.4, 0.5) is 26.3 Å². The van der Waals surface area contributed by atoms with Crippen molar-refractivity contribution < 1.29 is 47.3 Å². The molecule has 0 fully saturated rings. The van der Waals surface area contributed by atoms with Crippen LogP contribution < -0.4 is 0 Å². The van der Waals surface area contributed by atoms with E-state index in [9.17, 15) is 26.3 Å². The Kier molecular flexibility index (Phi) is 9.28. The molecule has 6 rings (SSSR count). The first-order valence-corrected chi connectivity index (χ1v) is 22.9. The molecule has 0 aliphatic heterocycles. The molecular weight excluding hydrogens is 809 g/mol. The van der Waals surface area contributed by atoms with Crippen LogP contribution in [-0.4, -0.2) is 3.26 Å². The Labute approximate surface area is 299 Å². The average Bonchev–Trinajstić information content (AvgIpc) is 3.64. The van der Waals surface area contributed by atoms with E-state index in [2.05, 4.69) is 91.8 Å². The van der Waals surface area contributed by atoms with E-state index in [1.54, 1.807) is 0 Å². The minimum atomic E-state index is -4.51. The topological polar surface area (TPSA) is 0 Å². The predicted molar refractivity (Wildman–Crippen MR) is 189 cm³/mol. The summed E-state index contributed by atoms with van der Waals surface area (Å²) in [5, 5.41) is 0. The summed E-state index contributed by atoms with van der Waals surface area (Å²) in [6.45, 7) is 17.5. The third-order valence-corrected chi connectivity index (χ3v) is 22.6. The van der Waals surface area contributed by atoms with Crippen molar-refractivity contribution in [3.8, 4) is 11.1 Å². The maximum absolute atomic E-state index is 13.8. The summed E-state index contributed by atoms with van der Waals surface area (Å²) in [5.41, 5.74) is 9.19. The zero-order valence-electron chi connectivity index (χ0n) is 29.7. The van der Waals surface area contributed by atoms with Gasteiger partial charge in [-0.2, -0.15) is 0 Å². The molecule has 0 heterocycles. The first-order valence-electron chi connectivity index (χ1n) is 16.9. The van der Waals surface area contributed by atoms with Crippen LogP contribution in [0, 0.1) is 13.8 Å². The van der Waals surface area contributed by atoms with Crippen LogP contribution in [0.3, 0.4) is 0 Å². The normalized spacial score (nSPS) is 15.1. The first-order chi connectivity index (χ1) is 23.2. The van der Waals surface area contributed by atoms with Crippen LogP contribution in [0.15, 0.2) is 97.1 Å². The standard InChI is InChI=1S/C23H29.C15H8F6.C5H5.Hf/c1-14-9-16-11-17-10-15(2)21(23(6,7)8)13-19(17)18(16)12-20(14)22(3,4)5;16-14(17,18)12-5-1-10(2-6-12)9-11-3-7-13(8-4-11)15(19,20)21;1-2-4-5-3-1;/h9-13H,1-8H3;1-8H;1-5H;. The average molecular weight is 851 g/mol. The first kappa shape index (κ1) is 36.5. The molecule has 0 atom stereocenters. The van der Waals surface area contributed by atoms with Gasteiger partial charge >= 0.3 is 300 Å². The molecule has 0 aromatic heterocycles. The summed E-state index contributed by atoms with van der Waals surface area (Å²) >= 11 is -3.60. The summed E-state index contributed by atoms with van der Waals surface area (Å²) in [5.74, 6) is 0. The van der Waals surface area contributed by atoms with Gasteiger partial charge in [-0.25, -0.2) is 0 Å². The van der Waals surface area contributed by atoms with Gasteiger partial charge in [-0.15, -0.1) is 0 Å².